The van der Waals surface area contributed by atoms with E-state index < -0.39 is 17.1 Å². The van der Waals surface area contributed by atoms with E-state index in [1.807, 2.05) is 121 Å². The molecule has 48 heavy (non-hydrogen) atoms. The number of carbonyl (C=O) groups excluding carboxylic acids is 3. The quantitative estimate of drug-likeness (QED) is 0.0739. The van der Waals surface area contributed by atoms with Crippen molar-refractivity contribution in [3.8, 4) is 0 Å². The fourth-order valence-electron chi connectivity index (χ4n) is 5.10. The molecule has 3 N–H and O–H groups in total. The van der Waals surface area contributed by atoms with Crippen LogP contribution in [-0.2, 0) is 9.59 Å². The van der Waals surface area contributed by atoms with Crippen LogP contribution < -0.4 is 16.0 Å². The minimum Gasteiger partial charge on any atom is -0.325 e. The van der Waals surface area contributed by atoms with Gasteiger partial charge in [-0.1, -0.05) is 97.1 Å². The predicted molar refractivity (Wildman–Crippen MR) is 204 cm³/mol. The number of thioether (sulfide) groups is 1. The van der Waals surface area contributed by atoms with Crippen LogP contribution in [0.5, 0.6) is 0 Å². The topological polar surface area (TPSA) is 87.3 Å². The van der Waals surface area contributed by atoms with Gasteiger partial charge in [-0.05, 0) is 105 Å². The maximum Gasteiger partial charge on any atom is 0.272 e. The van der Waals surface area contributed by atoms with E-state index in [0.717, 1.165) is 30.4 Å². The highest BCUT2D eigenvalue weighted by atomic mass is 127. The molecule has 6 aromatic rings. The number of halogens is 1. The standard InChI is InChI=1S/C40H30IN3O3S/c41-31-21-23-32(24-22-31)42-40(47)37(28-12-3-1-4-13-28)48-34-19-10-18-33(26-34)43-39(46)36(44-38(45)29-14-5-2-6-15-29)25-30-17-9-16-27-11-7-8-20-35(27)30/h1-26,37H,(H,42,47)(H,43,46)(H,44,45)/b36-25+. The van der Waals surface area contributed by atoms with Crippen molar-refractivity contribution in [1.29, 1.82) is 0 Å². The first-order valence-corrected chi connectivity index (χ1v) is 17.1. The summed E-state index contributed by atoms with van der Waals surface area (Å²) in [5.41, 5.74) is 3.41. The Morgan fingerprint density at radius 3 is 2.08 bits per heavy atom. The fraction of sp³-hybridized carbons (Fsp3) is 0.0250. The number of amides is 3. The number of rotatable bonds is 10. The SMILES string of the molecule is O=C(Nc1cccc(SC(C(=O)Nc2ccc(I)cc2)c2ccccc2)c1)/C(=C\c1cccc2ccccc12)NC(=O)c1ccccc1. The predicted octanol–water partition coefficient (Wildman–Crippen LogP) is 9.33. The second kappa shape index (κ2) is 15.6. The summed E-state index contributed by atoms with van der Waals surface area (Å²) in [6, 6.07) is 47.0. The molecule has 6 nitrogen and oxygen atoms in total. The van der Waals surface area contributed by atoms with Crippen LogP contribution >= 0.6 is 34.4 Å². The summed E-state index contributed by atoms with van der Waals surface area (Å²) in [6.07, 6.45) is 1.69. The Morgan fingerprint density at radius 2 is 1.31 bits per heavy atom. The molecule has 1 unspecified atom stereocenters. The molecule has 3 amide bonds. The third kappa shape index (κ3) is 8.39. The zero-order chi connectivity index (χ0) is 33.3. The molecule has 1 atom stereocenters. The minimum absolute atomic E-state index is 0.0947. The first kappa shape index (κ1) is 32.7. The normalized spacial score (nSPS) is 11.8. The van der Waals surface area contributed by atoms with Crippen LogP contribution in [0.25, 0.3) is 16.8 Å². The Kier molecular flexibility index (Phi) is 10.6. The Hall–Kier alpha value is -5.19. The number of hydrogen-bond donors (Lipinski definition) is 3. The molecular formula is C40H30IN3O3S. The third-order valence-electron chi connectivity index (χ3n) is 7.45. The Balaban J connectivity index is 1.26. The zero-order valence-electron chi connectivity index (χ0n) is 25.6. The molecule has 0 aromatic heterocycles. The van der Waals surface area contributed by atoms with Crippen LogP contribution in [0.2, 0.25) is 0 Å². The zero-order valence-corrected chi connectivity index (χ0v) is 28.6. The summed E-state index contributed by atoms with van der Waals surface area (Å²) in [6.45, 7) is 0. The maximum absolute atomic E-state index is 13.8. The van der Waals surface area contributed by atoms with Crippen LogP contribution in [0.4, 0.5) is 11.4 Å². The summed E-state index contributed by atoms with van der Waals surface area (Å²) >= 11 is 3.61. The van der Waals surface area contributed by atoms with Crippen molar-refractivity contribution in [1.82, 2.24) is 5.32 Å². The van der Waals surface area contributed by atoms with E-state index >= 15 is 0 Å². The van der Waals surface area contributed by atoms with Gasteiger partial charge in [-0.2, -0.15) is 0 Å². The van der Waals surface area contributed by atoms with Gasteiger partial charge in [0.1, 0.15) is 10.9 Å². The lowest BCUT2D eigenvalue weighted by Crippen LogP contribution is -2.30. The number of nitrogens with one attached hydrogen (secondary N) is 3. The van der Waals surface area contributed by atoms with E-state index in [1.165, 1.54) is 11.8 Å². The van der Waals surface area contributed by atoms with E-state index in [9.17, 15) is 14.4 Å². The van der Waals surface area contributed by atoms with Crippen molar-refractivity contribution < 1.29 is 14.4 Å². The average molecular weight is 760 g/mol. The van der Waals surface area contributed by atoms with Crippen molar-refractivity contribution in [2.75, 3.05) is 10.6 Å². The average Bonchev–Trinajstić information content (AvgIpc) is 3.12. The van der Waals surface area contributed by atoms with E-state index in [2.05, 4.69) is 38.5 Å². The number of benzene rings is 6. The Labute approximate surface area is 296 Å². The van der Waals surface area contributed by atoms with Gasteiger partial charge >= 0.3 is 0 Å². The van der Waals surface area contributed by atoms with Gasteiger partial charge in [0, 0.05) is 25.4 Å². The van der Waals surface area contributed by atoms with E-state index in [-0.39, 0.29) is 11.6 Å². The van der Waals surface area contributed by atoms with E-state index in [4.69, 9.17) is 0 Å². The second-order valence-corrected chi connectivity index (χ2v) is 13.3. The Morgan fingerprint density at radius 1 is 0.646 bits per heavy atom. The second-order valence-electron chi connectivity index (χ2n) is 10.8. The molecule has 6 rings (SSSR count). The molecule has 0 heterocycles. The van der Waals surface area contributed by atoms with E-state index in [0.29, 0.717) is 16.9 Å². The molecule has 0 saturated heterocycles. The fourth-order valence-corrected chi connectivity index (χ4v) is 6.54. The molecule has 6 aromatic carbocycles. The summed E-state index contributed by atoms with van der Waals surface area (Å²) in [7, 11) is 0. The highest BCUT2D eigenvalue weighted by Gasteiger charge is 2.23. The van der Waals surface area contributed by atoms with Crippen molar-refractivity contribution in [2.24, 2.45) is 0 Å². The minimum atomic E-state index is -0.552. The summed E-state index contributed by atoms with van der Waals surface area (Å²) in [4.78, 5) is 41.4. The first-order chi connectivity index (χ1) is 23.4. The van der Waals surface area contributed by atoms with Crippen LogP contribution in [-0.4, -0.2) is 17.7 Å². The molecule has 8 heteroatoms. The van der Waals surface area contributed by atoms with Gasteiger partial charge in [0.25, 0.3) is 11.8 Å². The molecule has 0 radical (unpaired) electrons. The molecule has 0 spiro atoms. The monoisotopic (exact) mass is 759 g/mol. The van der Waals surface area contributed by atoms with Crippen molar-refractivity contribution in [3.63, 3.8) is 0 Å². The summed E-state index contributed by atoms with van der Waals surface area (Å²) in [5.74, 6) is -1.04. The summed E-state index contributed by atoms with van der Waals surface area (Å²) in [5, 5.41) is 10.2. The number of anilines is 2. The summed E-state index contributed by atoms with van der Waals surface area (Å²) < 4.78 is 1.08. The largest absolute Gasteiger partial charge is 0.325 e. The van der Waals surface area contributed by atoms with Crippen molar-refractivity contribution in [2.45, 2.75) is 10.1 Å². The van der Waals surface area contributed by atoms with Gasteiger partial charge < -0.3 is 16.0 Å². The van der Waals surface area contributed by atoms with Crippen molar-refractivity contribution >= 4 is 80.3 Å². The smallest absolute Gasteiger partial charge is 0.272 e. The van der Waals surface area contributed by atoms with Gasteiger partial charge in [-0.15, -0.1) is 11.8 Å². The lowest BCUT2D eigenvalue weighted by Gasteiger charge is -2.18. The molecular weight excluding hydrogens is 729 g/mol. The van der Waals surface area contributed by atoms with Crippen molar-refractivity contribution in [3.05, 3.63) is 178 Å². The lowest BCUT2D eigenvalue weighted by molar-refractivity contribution is -0.116. The Bertz CT molecular complexity index is 2100. The first-order valence-electron chi connectivity index (χ1n) is 15.2. The molecule has 0 aliphatic rings. The van der Waals surface area contributed by atoms with Crippen LogP contribution in [0.3, 0.4) is 0 Å². The lowest BCUT2D eigenvalue weighted by atomic mass is 10.0. The highest BCUT2D eigenvalue weighted by Crippen LogP contribution is 2.37. The van der Waals surface area contributed by atoms with Crippen LogP contribution in [0, 0.1) is 3.57 Å². The van der Waals surface area contributed by atoms with Crippen LogP contribution in [0.1, 0.15) is 26.7 Å². The molecule has 0 aliphatic carbocycles. The van der Waals surface area contributed by atoms with E-state index in [1.54, 1.807) is 36.4 Å². The molecule has 0 fully saturated rings. The number of fused-ring (bicyclic) bond motifs is 1. The third-order valence-corrected chi connectivity index (χ3v) is 9.42. The highest BCUT2D eigenvalue weighted by molar-refractivity contribution is 14.1. The van der Waals surface area contributed by atoms with Gasteiger partial charge in [0.05, 0.1) is 0 Å². The molecule has 236 valence electrons. The molecule has 0 saturated carbocycles. The van der Waals surface area contributed by atoms with Gasteiger partial charge in [-0.3, -0.25) is 14.4 Å². The van der Waals surface area contributed by atoms with Gasteiger partial charge in [0.2, 0.25) is 5.91 Å². The molecule has 0 aliphatic heterocycles. The maximum atomic E-state index is 13.8. The number of carbonyl (C=O) groups is 3. The van der Waals surface area contributed by atoms with Crippen LogP contribution in [0.15, 0.2) is 162 Å². The van der Waals surface area contributed by atoms with Gasteiger partial charge in [0.15, 0.2) is 0 Å². The number of hydrogen-bond acceptors (Lipinski definition) is 4. The molecule has 0 bridgehead atoms. The van der Waals surface area contributed by atoms with Gasteiger partial charge in [-0.25, -0.2) is 0 Å².